The zero-order valence-electron chi connectivity index (χ0n) is 19.2. The van der Waals surface area contributed by atoms with Gasteiger partial charge in [-0.05, 0) is 62.2 Å². The Balaban J connectivity index is 2.72. The topological polar surface area (TPSA) is 57.1 Å². The van der Waals surface area contributed by atoms with Crippen LogP contribution in [0.5, 0.6) is 0 Å². The molecule has 0 aromatic heterocycles. The summed E-state index contributed by atoms with van der Waals surface area (Å²) in [7, 11) is 1.66. The molecule has 0 unspecified atom stereocenters. The predicted molar refractivity (Wildman–Crippen MR) is 124 cm³/mol. The van der Waals surface area contributed by atoms with Crippen LogP contribution in [0.15, 0.2) is 46.5 Å². The van der Waals surface area contributed by atoms with Crippen molar-refractivity contribution in [1.29, 1.82) is 0 Å². The normalized spacial score (nSPS) is 12.5. The van der Waals surface area contributed by atoms with Crippen LogP contribution in [0.2, 0.25) is 0 Å². The minimum Gasteiger partial charge on any atom is -0.347 e. The van der Waals surface area contributed by atoms with Crippen molar-refractivity contribution in [3.63, 3.8) is 0 Å². The fourth-order valence-electron chi connectivity index (χ4n) is 3.14. The SMILES string of the molecule is C=NN(C(=NC)C(C)(C)C)c1cc(C(=O)NC(C)(C)C)cc(-c2ccc(F)c(F)c2)c1. The van der Waals surface area contributed by atoms with E-state index in [0.717, 1.165) is 12.1 Å². The summed E-state index contributed by atoms with van der Waals surface area (Å²) in [6, 6.07) is 8.68. The van der Waals surface area contributed by atoms with Crippen molar-refractivity contribution in [2.45, 2.75) is 47.1 Å². The molecule has 0 fully saturated rings. The molecule has 0 radical (unpaired) electrons. The molecular formula is C24H30F2N4O. The lowest BCUT2D eigenvalue weighted by molar-refractivity contribution is 0.0919. The van der Waals surface area contributed by atoms with E-state index >= 15 is 0 Å². The van der Waals surface area contributed by atoms with Crippen molar-refractivity contribution < 1.29 is 13.6 Å². The largest absolute Gasteiger partial charge is 0.347 e. The molecule has 0 aliphatic rings. The van der Waals surface area contributed by atoms with E-state index in [-0.39, 0.29) is 11.3 Å². The van der Waals surface area contributed by atoms with Crippen LogP contribution in [0, 0.1) is 17.0 Å². The molecule has 0 saturated carbocycles. The average molecular weight is 429 g/mol. The van der Waals surface area contributed by atoms with Gasteiger partial charge in [-0.15, -0.1) is 0 Å². The number of hydrogen-bond donors (Lipinski definition) is 1. The van der Waals surface area contributed by atoms with E-state index < -0.39 is 17.2 Å². The minimum absolute atomic E-state index is 0.298. The Bertz CT molecular complexity index is 1020. The molecule has 0 spiro atoms. The first-order valence-electron chi connectivity index (χ1n) is 9.94. The maximum absolute atomic E-state index is 13.9. The highest BCUT2D eigenvalue weighted by Crippen LogP contribution is 2.31. The van der Waals surface area contributed by atoms with Crippen LogP contribution in [0.3, 0.4) is 0 Å². The van der Waals surface area contributed by atoms with E-state index in [1.54, 1.807) is 30.3 Å². The summed E-state index contributed by atoms with van der Waals surface area (Å²) in [6.45, 7) is 15.3. The van der Waals surface area contributed by atoms with Crippen LogP contribution in [0.4, 0.5) is 14.5 Å². The third kappa shape index (κ3) is 5.96. The summed E-state index contributed by atoms with van der Waals surface area (Å²) in [5.41, 5.74) is 1.04. The molecule has 0 aliphatic carbocycles. The number of halogens is 2. The molecule has 0 saturated heterocycles. The molecule has 0 aliphatic heterocycles. The standard InChI is InChI=1S/C24H30F2N4O/c1-23(2,3)22(27-7)30(28-8)18-12-16(15-9-10-19(25)20(26)14-15)11-17(13-18)21(31)29-24(4,5)6/h9-14H,8H2,1-7H3,(H,29,31). The van der Waals surface area contributed by atoms with E-state index in [1.165, 1.54) is 6.07 Å². The molecule has 1 amide bonds. The molecule has 0 bridgehead atoms. The number of benzene rings is 2. The first kappa shape index (κ1) is 24.2. The number of hydrogen-bond acceptors (Lipinski definition) is 3. The highest BCUT2D eigenvalue weighted by molar-refractivity contribution is 6.03. The van der Waals surface area contributed by atoms with Gasteiger partial charge >= 0.3 is 0 Å². The van der Waals surface area contributed by atoms with Gasteiger partial charge in [0, 0.05) is 30.3 Å². The van der Waals surface area contributed by atoms with Gasteiger partial charge in [0.2, 0.25) is 0 Å². The number of nitrogens with one attached hydrogen (secondary N) is 1. The van der Waals surface area contributed by atoms with Gasteiger partial charge in [0.05, 0.1) is 5.69 Å². The maximum Gasteiger partial charge on any atom is 0.251 e. The van der Waals surface area contributed by atoms with E-state index in [4.69, 9.17) is 0 Å². The zero-order chi connectivity index (χ0) is 23.6. The van der Waals surface area contributed by atoms with Crippen LogP contribution in [-0.4, -0.2) is 31.0 Å². The van der Waals surface area contributed by atoms with Crippen molar-refractivity contribution in [2.24, 2.45) is 15.5 Å². The van der Waals surface area contributed by atoms with Crippen LogP contribution in [0.1, 0.15) is 51.9 Å². The van der Waals surface area contributed by atoms with Crippen molar-refractivity contribution in [3.05, 3.63) is 53.6 Å². The van der Waals surface area contributed by atoms with E-state index in [1.807, 2.05) is 41.5 Å². The monoisotopic (exact) mass is 428 g/mol. The Morgan fingerprint density at radius 2 is 1.61 bits per heavy atom. The number of amides is 1. The van der Waals surface area contributed by atoms with Gasteiger partial charge in [-0.1, -0.05) is 26.8 Å². The first-order chi connectivity index (χ1) is 14.3. The van der Waals surface area contributed by atoms with E-state index in [2.05, 4.69) is 22.1 Å². The summed E-state index contributed by atoms with van der Waals surface area (Å²) >= 11 is 0. The number of anilines is 1. The summed E-state index contributed by atoms with van der Waals surface area (Å²) in [5.74, 6) is -1.57. The lowest BCUT2D eigenvalue weighted by Gasteiger charge is -2.30. The molecular weight excluding hydrogens is 398 g/mol. The molecule has 1 N–H and O–H groups in total. The zero-order valence-corrected chi connectivity index (χ0v) is 19.2. The molecule has 7 heteroatoms. The first-order valence-corrected chi connectivity index (χ1v) is 9.94. The van der Waals surface area contributed by atoms with Crippen LogP contribution in [0.25, 0.3) is 11.1 Å². The smallest absolute Gasteiger partial charge is 0.251 e. The van der Waals surface area contributed by atoms with Gasteiger partial charge in [-0.25, -0.2) is 13.8 Å². The molecule has 5 nitrogen and oxygen atoms in total. The number of nitrogens with zero attached hydrogens (tertiary/aromatic N) is 3. The van der Waals surface area contributed by atoms with Crippen molar-refractivity contribution >= 4 is 24.1 Å². The number of amidine groups is 1. The van der Waals surface area contributed by atoms with Crippen molar-refractivity contribution in [1.82, 2.24) is 5.32 Å². The lowest BCUT2D eigenvalue weighted by Crippen LogP contribution is -2.40. The fourth-order valence-corrected chi connectivity index (χ4v) is 3.14. The molecule has 2 aromatic carbocycles. The molecule has 0 heterocycles. The number of rotatable bonds is 4. The van der Waals surface area contributed by atoms with E-state index in [9.17, 15) is 13.6 Å². The third-order valence-electron chi connectivity index (χ3n) is 4.39. The second-order valence-corrected chi connectivity index (χ2v) is 9.35. The van der Waals surface area contributed by atoms with Gasteiger partial charge in [-0.3, -0.25) is 9.79 Å². The molecule has 166 valence electrons. The third-order valence-corrected chi connectivity index (χ3v) is 4.39. The minimum atomic E-state index is -0.965. The van der Waals surface area contributed by atoms with Gasteiger partial charge in [0.1, 0.15) is 5.84 Å². The lowest BCUT2D eigenvalue weighted by atomic mass is 9.93. The van der Waals surface area contributed by atoms with Gasteiger partial charge in [0.15, 0.2) is 11.6 Å². The second-order valence-electron chi connectivity index (χ2n) is 9.35. The number of carbonyl (C=O) groups excluding carboxylic acids is 1. The summed E-state index contributed by atoms with van der Waals surface area (Å²) in [4.78, 5) is 17.3. The van der Waals surface area contributed by atoms with Gasteiger partial charge in [-0.2, -0.15) is 5.10 Å². The Labute approximate surface area is 182 Å². The molecule has 0 atom stereocenters. The quantitative estimate of drug-likeness (QED) is 0.388. The van der Waals surface area contributed by atoms with Crippen LogP contribution < -0.4 is 10.3 Å². The van der Waals surface area contributed by atoms with Crippen molar-refractivity contribution in [3.8, 4) is 11.1 Å². The highest BCUT2D eigenvalue weighted by atomic mass is 19.2. The number of aliphatic imine (C=N–C) groups is 1. The maximum atomic E-state index is 13.9. The van der Waals surface area contributed by atoms with Crippen LogP contribution >= 0.6 is 0 Å². The number of hydrazone groups is 1. The molecule has 2 aromatic rings. The second kappa shape index (κ2) is 8.96. The molecule has 2 rings (SSSR count). The van der Waals surface area contributed by atoms with E-state index in [0.29, 0.717) is 28.2 Å². The van der Waals surface area contributed by atoms with Crippen LogP contribution in [-0.2, 0) is 0 Å². The van der Waals surface area contributed by atoms with Crippen molar-refractivity contribution in [2.75, 3.05) is 12.1 Å². The summed E-state index contributed by atoms with van der Waals surface area (Å²) in [6.07, 6.45) is 0. The Kier molecular flexibility index (Phi) is 6.99. The summed E-state index contributed by atoms with van der Waals surface area (Å²) in [5, 5.41) is 8.60. The average Bonchev–Trinajstić information content (AvgIpc) is 2.65. The predicted octanol–water partition coefficient (Wildman–Crippen LogP) is 5.66. The Hall–Kier alpha value is -3.09. The fraction of sp³-hybridized carbons (Fsp3) is 0.375. The van der Waals surface area contributed by atoms with Gasteiger partial charge in [0.25, 0.3) is 5.91 Å². The molecule has 31 heavy (non-hydrogen) atoms. The number of carbonyl (C=O) groups is 1. The Morgan fingerprint density at radius 3 is 2.10 bits per heavy atom. The summed E-state index contributed by atoms with van der Waals surface area (Å²) < 4.78 is 27.4. The van der Waals surface area contributed by atoms with Gasteiger partial charge < -0.3 is 5.32 Å². The Morgan fingerprint density at radius 1 is 0.968 bits per heavy atom. The highest BCUT2D eigenvalue weighted by Gasteiger charge is 2.27.